The van der Waals surface area contributed by atoms with Crippen molar-refractivity contribution in [3.05, 3.63) is 12.2 Å². The van der Waals surface area contributed by atoms with Gasteiger partial charge in [-0.3, -0.25) is 0 Å². The zero-order valence-corrected chi connectivity index (χ0v) is 8.19. The van der Waals surface area contributed by atoms with Gasteiger partial charge in [-0.1, -0.05) is 12.2 Å². The Balaban J connectivity index is 2.24. The van der Waals surface area contributed by atoms with E-state index in [4.69, 9.17) is 15.6 Å². The molecular weight excluding hydrogens is 182 g/mol. The van der Waals surface area contributed by atoms with Crippen LogP contribution < -0.4 is 5.73 Å². The quantitative estimate of drug-likeness (QED) is 0.670. The lowest BCUT2D eigenvalue weighted by Crippen LogP contribution is -2.26. The van der Waals surface area contributed by atoms with Gasteiger partial charge in [0.15, 0.2) is 0 Å². The highest BCUT2D eigenvalue weighted by molar-refractivity contribution is 5.64. The monoisotopic (exact) mass is 199 g/mol. The molecule has 0 aromatic rings. The number of carbonyl (C=O) groups excluding carboxylic acids is 1. The van der Waals surface area contributed by atoms with Crippen molar-refractivity contribution in [3.8, 4) is 0 Å². The van der Waals surface area contributed by atoms with Crippen LogP contribution in [0.4, 0.5) is 4.79 Å². The van der Waals surface area contributed by atoms with E-state index in [9.17, 15) is 4.79 Å². The summed E-state index contributed by atoms with van der Waals surface area (Å²) < 4.78 is 4.91. The Morgan fingerprint density at radius 1 is 1.43 bits per heavy atom. The fraction of sp³-hybridized carbons (Fsp3) is 0.700. The number of aliphatic hydroxyl groups excluding tert-OH is 1. The van der Waals surface area contributed by atoms with Crippen molar-refractivity contribution in [3.63, 3.8) is 0 Å². The van der Waals surface area contributed by atoms with Crippen molar-refractivity contribution in [1.82, 2.24) is 0 Å². The molecule has 4 heteroatoms. The Bertz CT molecular complexity index is 207. The Labute approximate surface area is 83.7 Å². The van der Waals surface area contributed by atoms with E-state index in [0.29, 0.717) is 5.92 Å². The maximum Gasteiger partial charge on any atom is 0.404 e. The summed E-state index contributed by atoms with van der Waals surface area (Å²) in [5.41, 5.74) is 4.93. The molecule has 1 aliphatic carbocycles. The minimum absolute atomic E-state index is 0.00808. The van der Waals surface area contributed by atoms with Crippen LogP contribution in [0.1, 0.15) is 25.7 Å². The summed E-state index contributed by atoms with van der Waals surface area (Å²) >= 11 is 0. The second-order valence-corrected chi connectivity index (χ2v) is 3.58. The lowest BCUT2D eigenvalue weighted by Gasteiger charge is -2.25. The van der Waals surface area contributed by atoms with Gasteiger partial charge in [0, 0.05) is 0 Å². The second kappa shape index (κ2) is 5.65. The number of rotatable bonds is 3. The first-order valence-corrected chi connectivity index (χ1v) is 4.96. The van der Waals surface area contributed by atoms with Crippen LogP contribution in [0.15, 0.2) is 12.2 Å². The SMILES string of the molecule is NC(=O)O[C@H]1CC[C@H](/C=C/CO)CC1. The minimum atomic E-state index is -0.681. The lowest BCUT2D eigenvalue weighted by atomic mass is 9.87. The first-order valence-electron chi connectivity index (χ1n) is 4.96. The van der Waals surface area contributed by atoms with Gasteiger partial charge in [0.2, 0.25) is 0 Å². The average molecular weight is 199 g/mol. The van der Waals surface area contributed by atoms with Gasteiger partial charge in [0.1, 0.15) is 6.10 Å². The van der Waals surface area contributed by atoms with Gasteiger partial charge in [-0.2, -0.15) is 0 Å². The highest BCUT2D eigenvalue weighted by atomic mass is 16.6. The number of ether oxygens (including phenoxy) is 1. The Hall–Kier alpha value is -1.03. The van der Waals surface area contributed by atoms with E-state index < -0.39 is 6.09 Å². The van der Waals surface area contributed by atoms with Crippen LogP contribution in [0.3, 0.4) is 0 Å². The summed E-state index contributed by atoms with van der Waals surface area (Å²) in [7, 11) is 0. The largest absolute Gasteiger partial charge is 0.446 e. The second-order valence-electron chi connectivity index (χ2n) is 3.58. The molecule has 1 fully saturated rings. The molecule has 0 aromatic carbocycles. The molecule has 0 spiro atoms. The Morgan fingerprint density at radius 3 is 2.57 bits per heavy atom. The number of allylic oxidation sites excluding steroid dienone is 1. The van der Waals surface area contributed by atoms with E-state index in [1.54, 1.807) is 6.08 Å². The molecule has 3 N–H and O–H groups in total. The van der Waals surface area contributed by atoms with E-state index in [-0.39, 0.29) is 12.7 Å². The predicted octanol–water partition coefficient (Wildman–Crippen LogP) is 1.19. The molecule has 4 nitrogen and oxygen atoms in total. The molecule has 0 unspecified atom stereocenters. The molecular formula is C10H17NO3. The number of amides is 1. The van der Waals surface area contributed by atoms with E-state index in [1.165, 1.54) is 0 Å². The first kappa shape index (κ1) is 11.0. The van der Waals surface area contributed by atoms with Gasteiger partial charge in [-0.15, -0.1) is 0 Å². The summed E-state index contributed by atoms with van der Waals surface area (Å²) in [5, 5.41) is 8.60. The summed E-state index contributed by atoms with van der Waals surface area (Å²) in [4.78, 5) is 10.5. The highest BCUT2D eigenvalue weighted by Gasteiger charge is 2.21. The predicted molar refractivity (Wildman–Crippen MR) is 52.6 cm³/mol. The maximum atomic E-state index is 10.5. The molecule has 0 saturated heterocycles. The van der Waals surface area contributed by atoms with Crippen LogP contribution in [0.5, 0.6) is 0 Å². The van der Waals surface area contributed by atoms with Crippen molar-refractivity contribution < 1.29 is 14.6 Å². The fourth-order valence-electron chi connectivity index (χ4n) is 1.82. The third-order valence-electron chi connectivity index (χ3n) is 2.52. The van der Waals surface area contributed by atoms with Crippen molar-refractivity contribution in [2.24, 2.45) is 11.7 Å². The van der Waals surface area contributed by atoms with Gasteiger partial charge in [-0.05, 0) is 31.6 Å². The minimum Gasteiger partial charge on any atom is -0.446 e. The van der Waals surface area contributed by atoms with Crippen LogP contribution >= 0.6 is 0 Å². The molecule has 14 heavy (non-hydrogen) atoms. The molecule has 0 bridgehead atoms. The molecule has 80 valence electrons. The number of hydrogen-bond donors (Lipinski definition) is 2. The van der Waals surface area contributed by atoms with Crippen molar-refractivity contribution in [2.45, 2.75) is 31.8 Å². The summed E-state index contributed by atoms with van der Waals surface area (Å²) in [6.45, 7) is 0.0950. The van der Waals surface area contributed by atoms with Crippen LogP contribution in [-0.2, 0) is 4.74 Å². The van der Waals surface area contributed by atoms with E-state index in [1.807, 2.05) is 6.08 Å². The summed E-state index contributed by atoms with van der Waals surface area (Å²) in [6.07, 6.45) is 6.82. The van der Waals surface area contributed by atoms with Crippen molar-refractivity contribution in [1.29, 1.82) is 0 Å². The number of carbonyl (C=O) groups is 1. The molecule has 1 saturated carbocycles. The van der Waals surface area contributed by atoms with Gasteiger partial charge in [-0.25, -0.2) is 4.79 Å². The maximum absolute atomic E-state index is 10.5. The number of primary amides is 1. The lowest BCUT2D eigenvalue weighted by molar-refractivity contribution is 0.0760. The third kappa shape index (κ3) is 3.79. The van der Waals surface area contributed by atoms with Crippen LogP contribution in [0, 0.1) is 5.92 Å². The molecule has 0 radical (unpaired) electrons. The Kier molecular flexibility index (Phi) is 4.46. The molecule has 0 heterocycles. The summed E-state index contributed by atoms with van der Waals surface area (Å²) in [5.74, 6) is 0.509. The standard InChI is InChI=1S/C10H17NO3/c11-10(13)14-9-5-3-8(4-6-9)2-1-7-12/h1-2,8-9,12H,3-7H2,(H2,11,13)/b2-1+/t8-,9-. The zero-order valence-electron chi connectivity index (χ0n) is 8.19. The zero-order chi connectivity index (χ0) is 10.4. The van der Waals surface area contributed by atoms with Gasteiger partial charge < -0.3 is 15.6 Å². The third-order valence-corrected chi connectivity index (χ3v) is 2.52. The molecule has 1 amide bonds. The first-order chi connectivity index (χ1) is 6.72. The average Bonchev–Trinajstić information content (AvgIpc) is 2.16. The van der Waals surface area contributed by atoms with Gasteiger partial charge in [0.05, 0.1) is 6.61 Å². The van der Waals surface area contributed by atoms with E-state index >= 15 is 0 Å². The summed E-state index contributed by atoms with van der Waals surface area (Å²) in [6, 6.07) is 0. The van der Waals surface area contributed by atoms with Gasteiger partial charge in [0.25, 0.3) is 0 Å². The molecule has 1 aliphatic rings. The highest BCUT2D eigenvalue weighted by Crippen LogP contribution is 2.26. The number of aliphatic hydroxyl groups is 1. The smallest absolute Gasteiger partial charge is 0.404 e. The normalized spacial score (nSPS) is 27.8. The molecule has 0 aliphatic heterocycles. The fourth-order valence-corrected chi connectivity index (χ4v) is 1.82. The molecule has 0 aromatic heterocycles. The van der Waals surface area contributed by atoms with Crippen LogP contribution in [0.2, 0.25) is 0 Å². The van der Waals surface area contributed by atoms with Crippen LogP contribution in [0.25, 0.3) is 0 Å². The van der Waals surface area contributed by atoms with E-state index in [2.05, 4.69) is 0 Å². The van der Waals surface area contributed by atoms with Gasteiger partial charge >= 0.3 is 6.09 Å². The molecule has 0 atom stereocenters. The van der Waals surface area contributed by atoms with Crippen LogP contribution in [-0.4, -0.2) is 23.9 Å². The number of nitrogens with two attached hydrogens (primary N) is 1. The Morgan fingerprint density at radius 2 is 2.07 bits per heavy atom. The van der Waals surface area contributed by atoms with Crippen molar-refractivity contribution >= 4 is 6.09 Å². The molecule has 1 rings (SSSR count). The number of hydrogen-bond acceptors (Lipinski definition) is 3. The van der Waals surface area contributed by atoms with Crippen molar-refractivity contribution in [2.75, 3.05) is 6.61 Å². The topological polar surface area (TPSA) is 72.6 Å². The van der Waals surface area contributed by atoms with E-state index in [0.717, 1.165) is 25.7 Å².